The number of aromatic carboxylic acids is 1. The number of anilines is 1. The number of aliphatic hydroxyl groups excluding tert-OH is 1. The van der Waals surface area contributed by atoms with Crippen molar-refractivity contribution < 1.29 is 19.4 Å². The molecule has 92 valence electrons. The molecule has 1 aliphatic heterocycles. The van der Waals surface area contributed by atoms with Gasteiger partial charge in [-0.3, -0.25) is 0 Å². The zero-order valence-corrected chi connectivity index (χ0v) is 9.27. The highest BCUT2D eigenvalue weighted by molar-refractivity contribution is 5.88. The number of piperidine rings is 1. The molecule has 1 aromatic carbocycles. The van der Waals surface area contributed by atoms with Crippen molar-refractivity contribution in [1.29, 1.82) is 0 Å². The van der Waals surface area contributed by atoms with E-state index < -0.39 is 11.8 Å². The Labute approximate surface area is 98.3 Å². The van der Waals surface area contributed by atoms with E-state index in [0.29, 0.717) is 31.6 Å². The van der Waals surface area contributed by atoms with Crippen LogP contribution >= 0.6 is 0 Å². The number of aliphatic hydroxyl groups is 1. The predicted molar refractivity (Wildman–Crippen MR) is 60.8 cm³/mol. The molecule has 1 aromatic rings. The Hall–Kier alpha value is -1.62. The molecule has 17 heavy (non-hydrogen) atoms. The first-order valence-corrected chi connectivity index (χ1v) is 5.54. The number of benzene rings is 1. The van der Waals surface area contributed by atoms with Crippen LogP contribution in [-0.2, 0) is 0 Å². The molecule has 1 heterocycles. The lowest BCUT2D eigenvalue weighted by molar-refractivity contribution is 0.0696. The smallest absolute Gasteiger partial charge is 0.335 e. The third-order valence-electron chi connectivity index (χ3n) is 3.00. The van der Waals surface area contributed by atoms with E-state index in [-0.39, 0.29) is 11.7 Å². The van der Waals surface area contributed by atoms with Crippen LogP contribution in [0.3, 0.4) is 0 Å². The Kier molecular flexibility index (Phi) is 3.28. The second-order valence-corrected chi connectivity index (χ2v) is 4.19. The van der Waals surface area contributed by atoms with Crippen molar-refractivity contribution in [1.82, 2.24) is 0 Å². The average molecular weight is 239 g/mol. The number of rotatable bonds is 2. The normalized spacial score (nSPS) is 17.2. The summed E-state index contributed by atoms with van der Waals surface area (Å²) in [6.07, 6.45) is 0.910. The first-order valence-electron chi connectivity index (χ1n) is 5.54. The van der Waals surface area contributed by atoms with E-state index in [0.717, 1.165) is 6.07 Å². The van der Waals surface area contributed by atoms with Gasteiger partial charge in [0.05, 0.1) is 17.4 Å². The number of carboxylic acids is 1. The summed E-state index contributed by atoms with van der Waals surface area (Å²) >= 11 is 0. The molecule has 0 spiro atoms. The van der Waals surface area contributed by atoms with E-state index in [9.17, 15) is 14.3 Å². The highest BCUT2D eigenvalue weighted by atomic mass is 19.1. The van der Waals surface area contributed by atoms with E-state index in [1.807, 2.05) is 4.90 Å². The molecule has 0 saturated carbocycles. The van der Waals surface area contributed by atoms with Crippen molar-refractivity contribution in [3.63, 3.8) is 0 Å². The van der Waals surface area contributed by atoms with Gasteiger partial charge >= 0.3 is 5.97 Å². The number of hydrogen-bond acceptors (Lipinski definition) is 3. The Balaban J connectivity index is 2.19. The van der Waals surface area contributed by atoms with E-state index in [1.54, 1.807) is 0 Å². The van der Waals surface area contributed by atoms with Gasteiger partial charge in [-0.15, -0.1) is 0 Å². The zero-order chi connectivity index (χ0) is 12.4. The second kappa shape index (κ2) is 4.71. The highest BCUT2D eigenvalue weighted by Crippen LogP contribution is 2.24. The van der Waals surface area contributed by atoms with Gasteiger partial charge in [-0.05, 0) is 31.0 Å². The monoisotopic (exact) mass is 239 g/mol. The maximum Gasteiger partial charge on any atom is 0.335 e. The number of halogens is 1. The first kappa shape index (κ1) is 11.9. The maximum atomic E-state index is 13.7. The van der Waals surface area contributed by atoms with Crippen molar-refractivity contribution in [2.45, 2.75) is 18.9 Å². The van der Waals surface area contributed by atoms with Crippen molar-refractivity contribution >= 4 is 11.7 Å². The highest BCUT2D eigenvalue weighted by Gasteiger charge is 2.20. The fourth-order valence-electron chi connectivity index (χ4n) is 2.00. The minimum Gasteiger partial charge on any atom is -0.478 e. The fourth-order valence-corrected chi connectivity index (χ4v) is 2.00. The summed E-state index contributed by atoms with van der Waals surface area (Å²) in [7, 11) is 0. The number of hydrogen-bond donors (Lipinski definition) is 2. The summed E-state index contributed by atoms with van der Waals surface area (Å²) in [6, 6.07) is 3.91. The van der Waals surface area contributed by atoms with Gasteiger partial charge in [-0.25, -0.2) is 9.18 Å². The summed E-state index contributed by atoms with van der Waals surface area (Å²) in [6.45, 7) is 1.18. The molecule has 0 amide bonds. The standard InChI is InChI=1S/C12H14FNO3/c13-10-7-8(12(16)17)1-2-11(10)14-5-3-9(15)4-6-14/h1-2,7,9,15H,3-6H2,(H,16,17). The van der Waals surface area contributed by atoms with Crippen LogP contribution in [0.15, 0.2) is 18.2 Å². The van der Waals surface area contributed by atoms with Crippen molar-refractivity contribution in [2.75, 3.05) is 18.0 Å². The first-order chi connectivity index (χ1) is 8.08. The number of nitrogens with zero attached hydrogens (tertiary/aromatic N) is 1. The molecule has 5 heteroatoms. The third-order valence-corrected chi connectivity index (χ3v) is 3.00. The van der Waals surface area contributed by atoms with Crippen LogP contribution in [-0.4, -0.2) is 35.4 Å². The zero-order valence-electron chi connectivity index (χ0n) is 9.27. The number of carboxylic acid groups (broad SMARTS) is 1. The quantitative estimate of drug-likeness (QED) is 0.820. The molecule has 0 atom stereocenters. The molecule has 0 radical (unpaired) electrons. The second-order valence-electron chi connectivity index (χ2n) is 4.19. The lowest BCUT2D eigenvalue weighted by Crippen LogP contribution is -2.36. The lowest BCUT2D eigenvalue weighted by Gasteiger charge is -2.31. The Morgan fingerprint density at radius 1 is 1.35 bits per heavy atom. The molecule has 2 rings (SSSR count). The minimum absolute atomic E-state index is 0.0525. The molecule has 4 nitrogen and oxygen atoms in total. The van der Waals surface area contributed by atoms with Crippen LogP contribution in [0.2, 0.25) is 0 Å². The molecule has 0 bridgehead atoms. The molecule has 1 fully saturated rings. The van der Waals surface area contributed by atoms with E-state index in [4.69, 9.17) is 5.11 Å². The molecular weight excluding hydrogens is 225 g/mol. The van der Waals surface area contributed by atoms with Gasteiger partial charge < -0.3 is 15.1 Å². The fraction of sp³-hybridized carbons (Fsp3) is 0.417. The number of carbonyl (C=O) groups is 1. The largest absolute Gasteiger partial charge is 0.478 e. The van der Waals surface area contributed by atoms with Gasteiger partial charge in [0, 0.05) is 13.1 Å². The predicted octanol–water partition coefficient (Wildman–Crippen LogP) is 1.48. The lowest BCUT2D eigenvalue weighted by atomic mass is 10.1. The van der Waals surface area contributed by atoms with Gasteiger partial charge in [0.1, 0.15) is 5.82 Å². The van der Waals surface area contributed by atoms with Crippen LogP contribution in [0.4, 0.5) is 10.1 Å². The van der Waals surface area contributed by atoms with E-state index in [1.165, 1.54) is 12.1 Å². The van der Waals surface area contributed by atoms with Gasteiger partial charge in [-0.1, -0.05) is 0 Å². The van der Waals surface area contributed by atoms with Crippen LogP contribution in [0.1, 0.15) is 23.2 Å². The van der Waals surface area contributed by atoms with E-state index >= 15 is 0 Å². The Morgan fingerprint density at radius 3 is 2.53 bits per heavy atom. The topological polar surface area (TPSA) is 60.8 Å². The van der Waals surface area contributed by atoms with Gasteiger partial charge in [0.15, 0.2) is 0 Å². The van der Waals surface area contributed by atoms with Crippen LogP contribution in [0.25, 0.3) is 0 Å². The van der Waals surface area contributed by atoms with E-state index in [2.05, 4.69) is 0 Å². The maximum absolute atomic E-state index is 13.7. The molecule has 0 aliphatic carbocycles. The molecule has 0 aromatic heterocycles. The molecular formula is C12H14FNO3. The van der Waals surface area contributed by atoms with Gasteiger partial charge in [-0.2, -0.15) is 0 Å². The molecule has 1 saturated heterocycles. The molecule has 0 unspecified atom stereocenters. The summed E-state index contributed by atoms with van der Waals surface area (Å²) in [5.74, 6) is -1.66. The van der Waals surface area contributed by atoms with Crippen LogP contribution < -0.4 is 4.90 Å². The average Bonchev–Trinajstić information content (AvgIpc) is 2.30. The molecule has 2 N–H and O–H groups in total. The van der Waals surface area contributed by atoms with Gasteiger partial charge in [0.25, 0.3) is 0 Å². The van der Waals surface area contributed by atoms with Crippen LogP contribution in [0, 0.1) is 5.82 Å². The minimum atomic E-state index is -1.13. The summed E-state index contributed by atoms with van der Waals surface area (Å²) in [5, 5.41) is 18.1. The van der Waals surface area contributed by atoms with Crippen molar-refractivity contribution in [3.8, 4) is 0 Å². The Morgan fingerprint density at radius 2 is 2.00 bits per heavy atom. The summed E-state index contributed by atoms with van der Waals surface area (Å²) in [4.78, 5) is 12.5. The SMILES string of the molecule is O=C(O)c1ccc(N2CCC(O)CC2)c(F)c1. The molecule has 1 aliphatic rings. The van der Waals surface area contributed by atoms with Crippen molar-refractivity contribution in [2.24, 2.45) is 0 Å². The Bertz CT molecular complexity index is 428. The van der Waals surface area contributed by atoms with Gasteiger partial charge in [0.2, 0.25) is 0 Å². The summed E-state index contributed by atoms with van der Waals surface area (Å²) in [5.41, 5.74) is 0.352. The third kappa shape index (κ3) is 2.55. The summed E-state index contributed by atoms with van der Waals surface area (Å²) < 4.78 is 13.7. The van der Waals surface area contributed by atoms with Crippen molar-refractivity contribution in [3.05, 3.63) is 29.6 Å². The van der Waals surface area contributed by atoms with Crippen LogP contribution in [0.5, 0.6) is 0 Å².